The first kappa shape index (κ1) is 17.5. The van der Waals surface area contributed by atoms with Gasteiger partial charge >= 0.3 is 0 Å². The Bertz CT molecular complexity index is 697. The molecule has 0 saturated carbocycles. The fourth-order valence-corrected chi connectivity index (χ4v) is 3.12. The number of aromatic nitrogens is 1. The van der Waals surface area contributed by atoms with Gasteiger partial charge in [0.25, 0.3) is 0 Å². The fourth-order valence-electron chi connectivity index (χ4n) is 2.14. The highest BCUT2D eigenvalue weighted by molar-refractivity contribution is 7.89. The van der Waals surface area contributed by atoms with Crippen LogP contribution in [0.4, 0.5) is 5.82 Å². The van der Waals surface area contributed by atoms with E-state index in [1.807, 2.05) is 31.1 Å². The Balaban J connectivity index is 2.03. The van der Waals surface area contributed by atoms with Crippen LogP contribution >= 0.6 is 0 Å². The van der Waals surface area contributed by atoms with Crippen LogP contribution < -0.4 is 10.0 Å². The van der Waals surface area contributed by atoms with Crippen molar-refractivity contribution in [2.24, 2.45) is 0 Å². The van der Waals surface area contributed by atoms with Gasteiger partial charge in [0.1, 0.15) is 16.5 Å². The Morgan fingerprint density at radius 2 is 2.09 bits per heavy atom. The van der Waals surface area contributed by atoms with Crippen LogP contribution in [0.1, 0.15) is 18.7 Å². The molecule has 126 valence electrons. The second kappa shape index (κ2) is 7.58. The molecule has 2 aromatic rings. The molecule has 23 heavy (non-hydrogen) atoms. The first-order chi connectivity index (χ1) is 10.9. The lowest BCUT2D eigenvalue weighted by Gasteiger charge is -2.22. The highest BCUT2D eigenvalue weighted by atomic mass is 32.2. The summed E-state index contributed by atoms with van der Waals surface area (Å²) in [6.45, 7) is 2.67. The lowest BCUT2D eigenvalue weighted by molar-refractivity contribution is 0.269. The fraction of sp³-hybridized carbons (Fsp3) is 0.400. The number of rotatable bonds is 8. The van der Waals surface area contributed by atoms with E-state index < -0.39 is 10.0 Å². The Kier molecular flexibility index (Phi) is 5.75. The van der Waals surface area contributed by atoms with Crippen molar-refractivity contribution in [1.82, 2.24) is 14.6 Å². The number of hydrogen-bond donors (Lipinski definition) is 2. The SMILES string of the molecule is CCNS(=O)(=O)c1ccc(NC[C@@H](c2ccco2)N(C)C)nc1. The van der Waals surface area contributed by atoms with Crippen LogP contribution in [0.15, 0.2) is 46.0 Å². The van der Waals surface area contributed by atoms with Crippen LogP contribution in [0.5, 0.6) is 0 Å². The van der Waals surface area contributed by atoms with E-state index in [4.69, 9.17) is 4.42 Å². The standard InChI is InChI=1S/C15H22N4O3S/c1-4-18-23(20,21)12-7-8-15(16-10-12)17-11-13(19(2)3)14-6-5-9-22-14/h5-10,13,18H,4,11H2,1-3H3,(H,16,17)/t13-/m0/s1. The van der Waals surface area contributed by atoms with E-state index in [0.717, 1.165) is 5.76 Å². The third-order valence-corrected chi connectivity index (χ3v) is 4.88. The minimum absolute atomic E-state index is 0.0527. The second-order valence-corrected chi connectivity index (χ2v) is 7.02. The van der Waals surface area contributed by atoms with Gasteiger partial charge in [-0.05, 0) is 38.4 Å². The lowest BCUT2D eigenvalue weighted by Crippen LogP contribution is -2.26. The predicted octanol–water partition coefficient (Wildman–Crippen LogP) is 1.69. The smallest absolute Gasteiger partial charge is 0.242 e. The maximum Gasteiger partial charge on any atom is 0.242 e. The molecule has 0 unspecified atom stereocenters. The van der Waals surface area contributed by atoms with E-state index in [-0.39, 0.29) is 10.9 Å². The molecule has 0 spiro atoms. The summed E-state index contributed by atoms with van der Waals surface area (Å²) in [4.78, 5) is 6.35. The Morgan fingerprint density at radius 3 is 2.61 bits per heavy atom. The third kappa shape index (κ3) is 4.54. The first-order valence-electron chi connectivity index (χ1n) is 7.33. The molecular formula is C15H22N4O3S. The monoisotopic (exact) mass is 338 g/mol. The van der Waals surface area contributed by atoms with Gasteiger partial charge in [0.15, 0.2) is 0 Å². The molecule has 2 aromatic heterocycles. The zero-order chi connectivity index (χ0) is 16.9. The molecule has 0 aliphatic rings. The summed E-state index contributed by atoms with van der Waals surface area (Å²) in [5.74, 6) is 1.47. The van der Waals surface area contributed by atoms with E-state index in [2.05, 4.69) is 15.0 Å². The van der Waals surface area contributed by atoms with Gasteiger partial charge in [-0.15, -0.1) is 0 Å². The van der Waals surface area contributed by atoms with Crippen LogP contribution in [-0.2, 0) is 10.0 Å². The molecule has 0 bridgehead atoms. The number of nitrogens with one attached hydrogen (secondary N) is 2. The quantitative estimate of drug-likeness (QED) is 0.761. The first-order valence-corrected chi connectivity index (χ1v) is 8.81. The van der Waals surface area contributed by atoms with Crippen molar-refractivity contribution in [1.29, 1.82) is 0 Å². The van der Waals surface area contributed by atoms with Gasteiger partial charge in [-0.25, -0.2) is 18.1 Å². The number of furan rings is 1. The Morgan fingerprint density at radius 1 is 1.30 bits per heavy atom. The minimum atomic E-state index is -3.47. The summed E-state index contributed by atoms with van der Waals surface area (Å²) < 4.78 is 31.6. The molecule has 0 saturated heterocycles. The second-order valence-electron chi connectivity index (χ2n) is 5.26. The zero-order valence-electron chi connectivity index (χ0n) is 13.5. The maximum absolute atomic E-state index is 11.9. The van der Waals surface area contributed by atoms with Crippen molar-refractivity contribution in [2.75, 3.05) is 32.5 Å². The predicted molar refractivity (Wildman–Crippen MR) is 88.7 cm³/mol. The summed E-state index contributed by atoms with van der Waals surface area (Å²) in [6, 6.07) is 7.01. The highest BCUT2D eigenvalue weighted by Gasteiger charge is 2.17. The van der Waals surface area contributed by atoms with Crippen LogP contribution in [0, 0.1) is 0 Å². The molecule has 7 nitrogen and oxygen atoms in total. The van der Waals surface area contributed by atoms with E-state index in [1.165, 1.54) is 12.3 Å². The van der Waals surface area contributed by atoms with Crippen molar-refractivity contribution >= 4 is 15.8 Å². The topological polar surface area (TPSA) is 87.5 Å². The summed E-state index contributed by atoms with van der Waals surface area (Å²) in [5, 5.41) is 3.20. The van der Waals surface area contributed by atoms with Crippen molar-refractivity contribution in [2.45, 2.75) is 17.9 Å². The minimum Gasteiger partial charge on any atom is -0.468 e. The normalized spacial score (nSPS) is 13.2. The van der Waals surface area contributed by atoms with Crippen LogP contribution in [0.25, 0.3) is 0 Å². The van der Waals surface area contributed by atoms with Gasteiger partial charge in [0.2, 0.25) is 10.0 Å². The number of pyridine rings is 1. The molecule has 1 atom stereocenters. The highest BCUT2D eigenvalue weighted by Crippen LogP contribution is 2.19. The largest absolute Gasteiger partial charge is 0.468 e. The van der Waals surface area contributed by atoms with E-state index in [0.29, 0.717) is 18.9 Å². The molecule has 0 aromatic carbocycles. The van der Waals surface area contributed by atoms with Crippen molar-refractivity contribution in [3.8, 4) is 0 Å². The van der Waals surface area contributed by atoms with Gasteiger partial charge in [0, 0.05) is 19.3 Å². The van der Waals surface area contributed by atoms with Crippen molar-refractivity contribution in [3.05, 3.63) is 42.5 Å². The van der Waals surface area contributed by atoms with Gasteiger partial charge in [0.05, 0.1) is 12.3 Å². The van der Waals surface area contributed by atoms with Crippen molar-refractivity contribution in [3.63, 3.8) is 0 Å². The zero-order valence-corrected chi connectivity index (χ0v) is 14.3. The maximum atomic E-state index is 11.9. The molecule has 0 fully saturated rings. The van der Waals surface area contributed by atoms with Crippen molar-refractivity contribution < 1.29 is 12.8 Å². The molecule has 2 N–H and O–H groups in total. The summed E-state index contributed by atoms with van der Waals surface area (Å²) >= 11 is 0. The average molecular weight is 338 g/mol. The molecular weight excluding hydrogens is 316 g/mol. The van der Waals surface area contributed by atoms with Crippen LogP contribution in [-0.4, -0.2) is 45.5 Å². The van der Waals surface area contributed by atoms with Gasteiger partial charge < -0.3 is 9.73 Å². The molecule has 0 amide bonds. The molecule has 0 aliphatic heterocycles. The molecule has 0 aliphatic carbocycles. The molecule has 0 radical (unpaired) electrons. The average Bonchev–Trinajstić information content (AvgIpc) is 3.01. The van der Waals surface area contributed by atoms with Gasteiger partial charge in [-0.2, -0.15) is 0 Å². The Hall–Kier alpha value is -1.90. The molecule has 2 rings (SSSR count). The van der Waals surface area contributed by atoms with E-state index in [9.17, 15) is 8.42 Å². The van der Waals surface area contributed by atoms with Crippen LogP contribution in [0.3, 0.4) is 0 Å². The van der Waals surface area contributed by atoms with Gasteiger partial charge in [-0.1, -0.05) is 6.92 Å². The lowest BCUT2D eigenvalue weighted by atomic mass is 10.2. The number of hydrogen-bond acceptors (Lipinski definition) is 6. The third-order valence-electron chi connectivity index (χ3n) is 3.35. The number of likely N-dealkylation sites (N-methyl/N-ethyl adjacent to an activating group) is 1. The number of anilines is 1. The number of nitrogens with zero attached hydrogens (tertiary/aromatic N) is 2. The Labute approximate surface area is 136 Å². The van der Waals surface area contributed by atoms with E-state index in [1.54, 1.807) is 19.3 Å². The van der Waals surface area contributed by atoms with Crippen LogP contribution in [0.2, 0.25) is 0 Å². The number of sulfonamides is 1. The molecule has 8 heteroatoms. The van der Waals surface area contributed by atoms with Gasteiger partial charge in [-0.3, -0.25) is 4.90 Å². The summed E-state index contributed by atoms with van der Waals surface area (Å²) in [7, 11) is 0.463. The van der Waals surface area contributed by atoms with E-state index >= 15 is 0 Å². The molecule has 2 heterocycles. The summed E-state index contributed by atoms with van der Waals surface area (Å²) in [6.07, 6.45) is 2.99. The summed E-state index contributed by atoms with van der Waals surface area (Å²) in [5.41, 5.74) is 0.